The Hall–Kier alpha value is -1.73. The van der Waals surface area contributed by atoms with Gasteiger partial charge in [0.1, 0.15) is 11.3 Å². The molecule has 2 N–H and O–H groups in total. The SMILES string of the molecule is CCCNc1cc(C(=O)Nc2nncs2)c(Cl)cn1. The first-order valence-electron chi connectivity index (χ1n) is 5.67. The second-order valence-electron chi connectivity index (χ2n) is 3.67. The maximum Gasteiger partial charge on any atom is 0.259 e. The largest absolute Gasteiger partial charge is 0.370 e. The molecule has 2 aromatic rings. The smallest absolute Gasteiger partial charge is 0.259 e. The van der Waals surface area contributed by atoms with Gasteiger partial charge in [-0.25, -0.2) is 4.98 Å². The van der Waals surface area contributed by atoms with Gasteiger partial charge in [0.05, 0.1) is 10.6 Å². The van der Waals surface area contributed by atoms with Crippen LogP contribution in [0.15, 0.2) is 17.8 Å². The molecular weight excluding hydrogens is 286 g/mol. The maximum atomic E-state index is 12.0. The summed E-state index contributed by atoms with van der Waals surface area (Å²) in [6.07, 6.45) is 2.42. The van der Waals surface area contributed by atoms with Crippen LogP contribution in [-0.4, -0.2) is 27.6 Å². The van der Waals surface area contributed by atoms with Crippen LogP contribution in [0.1, 0.15) is 23.7 Å². The van der Waals surface area contributed by atoms with E-state index in [-0.39, 0.29) is 5.91 Å². The van der Waals surface area contributed by atoms with Crippen LogP contribution in [0.2, 0.25) is 5.02 Å². The van der Waals surface area contributed by atoms with Crippen molar-refractivity contribution in [3.05, 3.63) is 28.4 Å². The fraction of sp³-hybridized carbons (Fsp3) is 0.273. The van der Waals surface area contributed by atoms with E-state index in [9.17, 15) is 4.79 Å². The van der Waals surface area contributed by atoms with E-state index in [1.54, 1.807) is 6.07 Å². The molecule has 19 heavy (non-hydrogen) atoms. The Bertz CT molecular complexity index is 560. The second-order valence-corrected chi connectivity index (χ2v) is 4.91. The van der Waals surface area contributed by atoms with E-state index in [0.717, 1.165) is 13.0 Å². The predicted molar refractivity (Wildman–Crippen MR) is 75.9 cm³/mol. The van der Waals surface area contributed by atoms with Gasteiger partial charge in [0.15, 0.2) is 0 Å². The second kappa shape index (κ2) is 6.44. The van der Waals surface area contributed by atoms with Crippen LogP contribution in [0.4, 0.5) is 10.9 Å². The molecule has 0 atom stereocenters. The van der Waals surface area contributed by atoms with Crippen molar-refractivity contribution >= 4 is 39.8 Å². The van der Waals surface area contributed by atoms with Gasteiger partial charge in [0.2, 0.25) is 5.13 Å². The average Bonchev–Trinajstić information content (AvgIpc) is 2.90. The minimum Gasteiger partial charge on any atom is -0.370 e. The molecule has 0 unspecified atom stereocenters. The van der Waals surface area contributed by atoms with E-state index in [2.05, 4.69) is 25.8 Å². The van der Waals surface area contributed by atoms with E-state index in [1.165, 1.54) is 23.0 Å². The fourth-order valence-electron chi connectivity index (χ4n) is 1.35. The lowest BCUT2D eigenvalue weighted by Crippen LogP contribution is -2.13. The molecule has 1 amide bonds. The van der Waals surface area contributed by atoms with Crippen molar-refractivity contribution in [1.29, 1.82) is 0 Å². The summed E-state index contributed by atoms with van der Waals surface area (Å²) in [5, 5.41) is 13.8. The van der Waals surface area contributed by atoms with Crippen LogP contribution < -0.4 is 10.6 Å². The Labute approximate surface area is 119 Å². The Kier molecular flexibility index (Phi) is 4.64. The van der Waals surface area contributed by atoms with Crippen molar-refractivity contribution in [3.63, 3.8) is 0 Å². The summed E-state index contributed by atoms with van der Waals surface area (Å²) in [4.78, 5) is 16.2. The van der Waals surface area contributed by atoms with E-state index in [0.29, 0.717) is 21.5 Å². The number of hydrogen-bond acceptors (Lipinski definition) is 6. The van der Waals surface area contributed by atoms with Gasteiger partial charge in [-0.15, -0.1) is 10.2 Å². The lowest BCUT2D eigenvalue weighted by Gasteiger charge is -2.07. The number of anilines is 2. The van der Waals surface area contributed by atoms with Crippen molar-refractivity contribution in [2.45, 2.75) is 13.3 Å². The first-order valence-corrected chi connectivity index (χ1v) is 6.93. The third-order valence-corrected chi connectivity index (χ3v) is 3.14. The summed E-state index contributed by atoms with van der Waals surface area (Å²) in [7, 11) is 0. The molecule has 0 aliphatic rings. The third-order valence-electron chi connectivity index (χ3n) is 2.24. The summed E-state index contributed by atoms with van der Waals surface area (Å²) in [5.41, 5.74) is 1.89. The van der Waals surface area contributed by atoms with Gasteiger partial charge in [-0.3, -0.25) is 10.1 Å². The number of hydrogen-bond donors (Lipinski definition) is 2. The van der Waals surface area contributed by atoms with Crippen LogP contribution in [0.3, 0.4) is 0 Å². The molecule has 2 heterocycles. The van der Waals surface area contributed by atoms with Crippen LogP contribution in [0.5, 0.6) is 0 Å². The van der Waals surface area contributed by atoms with E-state index in [4.69, 9.17) is 11.6 Å². The highest BCUT2D eigenvalue weighted by Gasteiger charge is 2.13. The number of aromatic nitrogens is 3. The highest BCUT2D eigenvalue weighted by atomic mass is 35.5. The van der Waals surface area contributed by atoms with Gasteiger partial charge >= 0.3 is 0 Å². The van der Waals surface area contributed by atoms with Crippen molar-refractivity contribution in [2.24, 2.45) is 0 Å². The number of halogens is 1. The van der Waals surface area contributed by atoms with E-state index in [1.807, 2.05) is 6.92 Å². The first kappa shape index (κ1) is 13.7. The van der Waals surface area contributed by atoms with E-state index < -0.39 is 0 Å². The predicted octanol–water partition coefficient (Wildman–Crippen LogP) is 2.66. The van der Waals surface area contributed by atoms with Gasteiger partial charge in [-0.2, -0.15) is 0 Å². The van der Waals surface area contributed by atoms with Crippen LogP contribution in [-0.2, 0) is 0 Å². The molecule has 2 rings (SSSR count). The van der Waals surface area contributed by atoms with Gasteiger partial charge in [-0.05, 0) is 12.5 Å². The maximum absolute atomic E-state index is 12.0. The van der Waals surface area contributed by atoms with Crippen LogP contribution in [0.25, 0.3) is 0 Å². The zero-order valence-electron chi connectivity index (χ0n) is 10.2. The molecule has 100 valence electrons. The van der Waals surface area contributed by atoms with Crippen LogP contribution in [0, 0.1) is 0 Å². The van der Waals surface area contributed by atoms with Gasteiger partial charge in [-0.1, -0.05) is 29.9 Å². The minimum atomic E-state index is -0.330. The lowest BCUT2D eigenvalue weighted by molar-refractivity contribution is 0.102. The molecular formula is C11H12ClN5OS. The van der Waals surface area contributed by atoms with Gasteiger partial charge < -0.3 is 5.32 Å². The first-order chi connectivity index (χ1) is 9.20. The summed E-state index contributed by atoms with van der Waals surface area (Å²) < 4.78 is 0. The Balaban J connectivity index is 2.15. The molecule has 0 aliphatic carbocycles. The molecule has 0 saturated heterocycles. The van der Waals surface area contributed by atoms with Crippen molar-refractivity contribution in [1.82, 2.24) is 15.2 Å². The molecule has 0 bridgehead atoms. The number of amides is 1. The van der Waals surface area contributed by atoms with Crippen molar-refractivity contribution in [3.8, 4) is 0 Å². The van der Waals surface area contributed by atoms with Crippen LogP contribution >= 0.6 is 22.9 Å². The Morgan fingerprint density at radius 2 is 2.37 bits per heavy atom. The third kappa shape index (κ3) is 3.62. The monoisotopic (exact) mass is 297 g/mol. The highest BCUT2D eigenvalue weighted by Crippen LogP contribution is 2.20. The lowest BCUT2D eigenvalue weighted by atomic mass is 10.2. The molecule has 2 aromatic heterocycles. The summed E-state index contributed by atoms with van der Waals surface area (Å²) in [5.74, 6) is 0.289. The summed E-state index contributed by atoms with van der Waals surface area (Å²) in [6, 6.07) is 1.62. The molecule has 0 spiro atoms. The Morgan fingerprint density at radius 1 is 1.53 bits per heavy atom. The minimum absolute atomic E-state index is 0.295. The molecule has 0 saturated carbocycles. The van der Waals surface area contributed by atoms with Crippen molar-refractivity contribution < 1.29 is 4.79 Å². The number of carbonyl (C=O) groups excluding carboxylic acids is 1. The van der Waals surface area contributed by atoms with E-state index >= 15 is 0 Å². The molecule has 0 aromatic carbocycles. The zero-order chi connectivity index (χ0) is 13.7. The standard InChI is InChI=1S/C11H12ClN5OS/c1-2-3-13-9-4-7(8(12)5-14-9)10(18)16-11-17-15-6-19-11/h4-6H,2-3H2,1H3,(H,13,14)(H,16,17,18). The van der Waals surface area contributed by atoms with Crippen molar-refractivity contribution in [2.75, 3.05) is 17.2 Å². The number of carbonyl (C=O) groups is 1. The normalized spacial score (nSPS) is 10.2. The fourth-order valence-corrected chi connectivity index (χ4v) is 1.98. The molecule has 0 radical (unpaired) electrons. The average molecular weight is 298 g/mol. The molecule has 6 nitrogen and oxygen atoms in total. The number of rotatable bonds is 5. The molecule has 0 aliphatic heterocycles. The highest BCUT2D eigenvalue weighted by molar-refractivity contribution is 7.13. The Morgan fingerprint density at radius 3 is 3.05 bits per heavy atom. The number of nitrogens with one attached hydrogen (secondary N) is 2. The molecule has 0 fully saturated rings. The van der Waals surface area contributed by atoms with Gasteiger partial charge in [0.25, 0.3) is 5.91 Å². The zero-order valence-corrected chi connectivity index (χ0v) is 11.8. The topological polar surface area (TPSA) is 79.8 Å². The van der Waals surface area contributed by atoms with Gasteiger partial charge in [0, 0.05) is 12.7 Å². The number of pyridine rings is 1. The summed E-state index contributed by atoms with van der Waals surface area (Å²) >= 11 is 7.22. The number of nitrogens with zero attached hydrogens (tertiary/aromatic N) is 3. The molecule has 8 heteroatoms. The summed E-state index contributed by atoms with van der Waals surface area (Å²) in [6.45, 7) is 2.83. The quantitative estimate of drug-likeness (QED) is 0.887.